The number of methoxy groups -OCH3 is 1. The van der Waals surface area contributed by atoms with Crippen molar-refractivity contribution in [2.45, 2.75) is 116 Å². The summed E-state index contributed by atoms with van der Waals surface area (Å²) in [5, 5.41) is 0. The molecule has 0 bridgehead atoms. The summed E-state index contributed by atoms with van der Waals surface area (Å²) >= 11 is -1.79. The van der Waals surface area contributed by atoms with E-state index in [2.05, 4.69) is 23.8 Å². The smallest absolute Gasteiger partial charge is 0.360 e. The van der Waals surface area contributed by atoms with E-state index in [-0.39, 0.29) is 12.1 Å². The minimum atomic E-state index is -1.79. The maximum Gasteiger partial charge on any atom is 0.360 e. The van der Waals surface area contributed by atoms with Gasteiger partial charge in [-0.05, 0) is 51.2 Å². The lowest BCUT2D eigenvalue weighted by atomic mass is 10.1. The van der Waals surface area contributed by atoms with Crippen molar-refractivity contribution in [3.63, 3.8) is 0 Å². The summed E-state index contributed by atoms with van der Waals surface area (Å²) in [6.07, 6.45) is 20.3. The molecule has 2 atom stereocenters. The van der Waals surface area contributed by atoms with Crippen LogP contribution in [0.3, 0.4) is 0 Å². The van der Waals surface area contributed by atoms with E-state index in [1.807, 2.05) is 31.2 Å². The highest BCUT2D eigenvalue weighted by molar-refractivity contribution is 7.75. The van der Waals surface area contributed by atoms with Crippen LogP contribution in [0, 0.1) is 6.92 Å². The van der Waals surface area contributed by atoms with E-state index in [1.165, 1.54) is 58.5 Å². The van der Waals surface area contributed by atoms with Gasteiger partial charge < -0.3 is 8.92 Å². The molecule has 0 heterocycles. The van der Waals surface area contributed by atoms with Gasteiger partial charge in [-0.3, -0.25) is 8.98 Å². The van der Waals surface area contributed by atoms with Gasteiger partial charge in [0.05, 0.1) is 13.2 Å². The molecule has 0 radical (unpaired) electrons. The van der Waals surface area contributed by atoms with Gasteiger partial charge in [0.15, 0.2) is 0 Å². The molecule has 34 heavy (non-hydrogen) atoms. The number of carbonyl (C=O) groups excluding carboxylic acids is 1. The molecule has 0 aliphatic carbocycles. The average Bonchev–Trinajstić information content (AvgIpc) is 2.83. The Morgan fingerprint density at radius 3 is 2.24 bits per heavy atom. The van der Waals surface area contributed by atoms with Crippen molar-refractivity contribution in [2.75, 3.05) is 7.11 Å². The largest absolute Gasteiger partial charge is 0.469 e. The number of hydrogen-bond acceptors (Lipinski definition) is 5. The van der Waals surface area contributed by atoms with Gasteiger partial charge in [0.1, 0.15) is 5.75 Å². The number of ether oxygens (including phenoxy) is 1. The van der Waals surface area contributed by atoms with E-state index < -0.39 is 11.4 Å². The van der Waals surface area contributed by atoms with Gasteiger partial charge in [-0.2, -0.15) is 4.21 Å². The quantitative estimate of drug-likeness (QED) is 0.0986. The summed E-state index contributed by atoms with van der Waals surface area (Å²) in [5.74, 6) is 0.457. The molecule has 0 saturated heterocycles. The first-order valence-corrected chi connectivity index (χ1v) is 14.1. The first-order valence-electron chi connectivity index (χ1n) is 13.1. The van der Waals surface area contributed by atoms with Crippen LogP contribution in [0.1, 0.15) is 109 Å². The van der Waals surface area contributed by atoms with Crippen molar-refractivity contribution in [1.82, 2.24) is 0 Å². The van der Waals surface area contributed by atoms with E-state index in [1.54, 1.807) is 0 Å². The van der Waals surface area contributed by atoms with Crippen LogP contribution in [0.5, 0.6) is 5.75 Å². The van der Waals surface area contributed by atoms with Crippen LogP contribution >= 0.6 is 0 Å². The molecule has 0 fully saturated rings. The van der Waals surface area contributed by atoms with E-state index in [4.69, 9.17) is 8.37 Å². The van der Waals surface area contributed by atoms with Crippen LogP contribution in [0.2, 0.25) is 0 Å². The van der Waals surface area contributed by atoms with E-state index >= 15 is 0 Å². The highest BCUT2D eigenvalue weighted by Crippen LogP contribution is 2.18. The van der Waals surface area contributed by atoms with Gasteiger partial charge in [0, 0.05) is 6.42 Å². The maximum absolute atomic E-state index is 12.4. The first-order chi connectivity index (χ1) is 16.5. The van der Waals surface area contributed by atoms with Crippen molar-refractivity contribution in [3.05, 3.63) is 42.0 Å². The molecule has 0 aliphatic rings. The van der Waals surface area contributed by atoms with Crippen molar-refractivity contribution < 1.29 is 22.1 Å². The lowest BCUT2D eigenvalue weighted by molar-refractivity contribution is -0.140. The Labute approximate surface area is 210 Å². The predicted octanol–water partition coefficient (Wildman–Crippen LogP) is 7.94. The molecule has 0 amide bonds. The fourth-order valence-corrected chi connectivity index (χ4v) is 4.40. The summed E-state index contributed by atoms with van der Waals surface area (Å²) < 4.78 is 28.2. The van der Waals surface area contributed by atoms with Crippen molar-refractivity contribution in [2.24, 2.45) is 0 Å². The molecule has 0 aromatic heterocycles. The fraction of sp³-hybridized carbons (Fsp3) is 0.679. The van der Waals surface area contributed by atoms with Gasteiger partial charge in [-0.1, -0.05) is 94.6 Å². The third-order valence-electron chi connectivity index (χ3n) is 5.82. The zero-order valence-electron chi connectivity index (χ0n) is 21.6. The Morgan fingerprint density at radius 1 is 0.912 bits per heavy atom. The van der Waals surface area contributed by atoms with Crippen LogP contribution in [0.25, 0.3) is 0 Å². The molecule has 0 spiro atoms. The second-order valence-electron chi connectivity index (χ2n) is 8.96. The summed E-state index contributed by atoms with van der Waals surface area (Å²) in [4.78, 5) is 11.1. The fourth-order valence-electron chi connectivity index (χ4n) is 3.69. The minimum Gasteiger partial charge on any atom is -0.469 e. The van der Waals surface area contributed by atoms with E-state index in [0.29, 0.717) is 12.2 Å². The van der Waals surface area contributed by atoms with E-state index in [0.717, 1.165) is 44.1 Å². The van der Waals surface area contributed by atoms with Gasteiger partial charge in [0.25, 0.3) is 0 Å². The summed E-state index contributed by atoms with van der Waals surface area (Å²) in [7, 11) is 1.44. The SMILES string of the molecule is CCCCCCC(C/C=C/CCCCCCCCCC(=O)OC)OS(=O)Oc1ccc(C)cc1. The Kier molecular flexibility index (Phi) is 18.5. The monoisotopic (exact) mass is 494 g/mol. The normalized spacial score (nSPS) is 13.1. The van der Waals surface area contributed by atoms with Gasteiger partial charge in [-0.15, -0.1) is 0 Å². The van der Waals surface area contributed by atoms with Crippen molar-refractivity contribution >= 4 is 17.3 Å². The zero-order valence-corrected chi connectivity index (χ0v) is 22.4. The highest BCUT2D eigenvalue weighted by atomic mass is 32.2. The summed E-state index contributed by atoms with van der Waals surface area (Å²) in [6.45, 7) is 4.21. The lowest BCUT2D eigenvalue weighted by Crippen LogP contribution is -2.17. The molecule has 0 saturated carbocycles. The molecular weight excluding hydrogens is 448 g/mol. The molecular formula is C28H46O5S. The number of aryl methyl sites for hydroxylation is 1. The van der Waals surface area contributed by atoms with Gasteiger partial charge in [0.2, 0.25) is 0 Å². The molecule has 0 aliphatic heterocycles. The third kappa shape index (κ3) is 16.9. The van der Waals surface area contributed by atoms with Crippen LogP contribution in [0.15, 0.2) is 36.4 Å². The number of esters is 1. The minimum absolute atomic E-state index is 0.0932. The lowest BCUT2D eigenvalue weighted by Gasteiger charge is -2.15. The Morgan fingerprint density at radius 2 is 1.56 bits per heavy atom. The van der Waals surface area contributed by atoms with Crippen LogP contribution in [0.4, 0.5) is 0 Å². The summed E-state index contributed by atoms with van der Waals surface area (Å²) in [6, 6.07) is 7.50. The van der Waals surface area contributed by atoms with Crippen LogP contribution in [-0.4, -0.2) is 23.4 Å². The zero-order chi connectivity index (χ0) is 24.9. The first kappa shape index (κ1) is 30.4. The molecule has 6 heteroatoms. The number of carbonyl (C=O) groups is 1. The highest BCUT2D eigenvalue weighted by Gasteiger charge is 2.14. The molecule has 1 aromatic rings. The maximum atomic E-state index is 12.4. The second-order valence-corrected chi connectivity index (χ2v) is 9.73. The molecule has 0 N–H and O–H groups in total. The molecule has 1 rings (SSSR count). The van der Waals surface area contributed by atoms with Gasteiger partial charge in [-0.25, -0.2) is 0 Å². The topological polar surface area (TPSA) is 61.8 Å². The standard InChI is InChI=1S/C28H46O5S/c1-4-5-6-15-18-26(32-34(30)33-27-23-21-25(2)22-24-27)19-16-13-11-9-7-8-10-12-14-17-20-28(29)31-3/h13,16,21-24,26H,4-12,14-15,17-20H2,1-3H3/b16-13+. The predicted molar refractivity (Wildman–Crippen MR) is 141 cm³/mol. The average molecular weight is 495 g/mol. The number of rotatable bonds is 21. The number of unbranched alkanes of at least 4 members (excludes halogenated alkanes) is 10. The summed E-state index contributed by atoms with van der Waals surface area (Å²) in [5.41, 5.74) is 1.13. The number of benzene rings is 1. The van der Waals surface area contributed by atoms with Crippen molar-refractivity contribution in [3.8, 4) is 5.75 Å². The Hall–Kier alpha value is -1.66. The molecule has 1 aromatic carbocycles. The van der Waals surface area contributed by atoms with Gasteiger partial charge >= 0.3 is 17.3 Å². The molecule has 5 nitrogen and oxygen atoms in total. The molecule has 194 valence electrons. The van der Waals surface area contributed by atoms with E-state index in [9.17, 15) is 9.00 Å². The van der Waals surface area contributed by atoms with Crippen LogP contribution in [-0.2, 0) is 25.1 Å². The number of allylic oxidation sites excluding steroid dienone is 1. The Bertz CT molecular complexity index is 687. The van der Waals surface area contributed by atoms with Crippen molar-refractivity contribution in [1.29, 1.82) is 0 Å². The van der Waals surface area contributed by atoms with Crippen LogP contribution < -0.4 is 4.18 Å². The third-order valence-corrected chi connectivity index (χ3v) is 6.58. The second kappa shape index (κ2) is 20.7. The Balaban J connectivity index is 2.23. The molecule has 2 unspecified atom stereocenters. The number of hydrogen-bond donors (Lipinski definition) is 0.